The summed E-state index contributed by atoms with van der Waals surface area (Å²) in [7, 11) is -3.88. The van der Waals surface area contributed by atoms with Gasteiger partial charge in [0.2, 0.25) is 21.8 Å². The summed E-state index contributed by atoms with van der Waals surface area (Å²) in [6.07, 6.45) is 7.80. The van der Waals surface area contributed by atoms with Gasteiger partial charge < -0.3 is 20.1 Å². The Labute approximate surface area is 270 Å². The molecular formula is C33H46FN3O8S. The Kier molecular flexibility index (Phi) is 11.3. The van der Waals surface area contributed by atoms with E-state index in [2.05, 4.69) is 14.8 Å². The third-order valence-electron chi connectivity index (χ3n) is 9.38. The number of allylic oxidation sites excluding steroid dienone is 2. The summed E-state index contributed by atoms with van der Waals surface area (Å²) in [5.74, 6) is -2.33. The topological polar surface area (TPSA) is 159 Å². The SMILES string of the molecule is CC1(S(=O)(=O)NC(=O)[C@]23CC(=O)[C@@H]4C[C@@H](O)CN4C(=O)[C@@H](Nc4cccc(F)c4)CCCCC/C=C\[C@@H]2C3)CC1.CCOC(C)=O. The number of ketones is 1. The van der Waals surface area contributed by atoms with Crippen molar-refractivity contribution in [3.05, 3.63) is 42.2 Å². The molecule has 3 fully saturated rings. The summed E-state index contributed by atoms with van der Waals surface area (Å²) in [6, 6.07) is 4.18. The van der Waals surface area contributed by atoms with Crippen LogP contribution in [-0.4, -0.2) is 78.1 Å². The van der Waals surface area contributed by atoms with Crippen molar-refractivity contribution < 1.29 is 41.8 Å². The van der Waals surface area contributed by atoms with Crippen molar-refractivity contribution in [2.45, 2.75) is 108 Å². The van der Waals surface area contributed by atoms with E-state index in [1.807, 2.05) is 12.2 Å². The van der Waals surface area contributed by atoms with Crippen LogP contribution in [-0.2, 0) is 33.9 Å². The lowest BCUT2D eigenvalue weighted by atomic mass is 9.91. The molecule has 13 heteroatoms. The molecule has 1 saturated heterocycles. The standard InChI is InChI=1S/C29H38FN3O6S.C4H8O2/c1-28(12-13-28)40(38,39)32-27(37)29-16-19(29)8-5-3-2-4-6-11-23(31-21-10-7-9-20(30)14-21)26(36)33-18-22(34)15-24(33)25(35)17-29;1-3-6-4(2)5/h5,7-10,14,19,22-24,31,34H,2-4,6,11-13,15-18H2,1H3,(H,32,37);3H2,1-2H3/b8-5-;/t19-,22-,23+,24+,29-;/m1./s1. The predicted molar refractivity (Wildman–Crippen MR) is 169 cm³/mol. The highest BCUT2D eigenvalue weighted by molar-refractivity contribution is 7.91. The highest BCUT2D eigenvalue weighted by Crippen LogP contribution is 2.57. The first-order valence-corrected chi connectivity index (χ1v) is 17.6. The minimum Gasteiger partial charge on any atom is -0.466 e. The number of amides is 2. The average molecular weight is 664 g/mol. The highest BCUT2D eigenvalue weighted by Gasteiger charge is 2.62. The summed E-state index contributed by atoms with van der Waals surface area (Å²) >= 11 is 0. The second kappa shape index (κ2) is 14.6. The number of ether oxygens (including phenoxy) is 1. The van der Waals surface area contributed by atoms with Crippen molar-refractivity contribution in [1.82, 2.24) is 9.62 Å². The van der Waals surface area contributed by atoms with Crippen LogP contribution < -0.4 is 10.0 Å². The minimum absolute atomic E-state index is 0.0220. The Morgan fingerprint density at radius 3 is 2.54 bits per heavy atom. The van der Waals surface area contributed by atoms with Crippen molar-refractivity contribution in [3.63, 3.8) is 0 Å². The maximum atomic E-state index is 13.8. The molecule has 0 radical (unpaired) electrons. The molecule has 2 aliphatic heterocycles. The van der Waals surface area contributed by atoms with Crippen LogP contribution in [0.15, 0.2) is 36.4 Å². The second-order valence-electron chi connectivity index (χ2n) is 13.1. The molecule has 11 nitrogen and oxygen atoms in total. The van der Waals surface area contributed by atoms with Crippen LogP contribution >= 0.6 is 0 Å². The van der Waals surface area contributed by atoms with Gasteiger partial charge in [-0.3, -0.25) is 23.9 Å². The fourth-order valence-electron chi connectivity index (χ4n) is 6.20. The number of esters is 1. The van der Waals surface area contributed by atoms with Crippen molar-refractivity contribution in [1.29, 1.82) is 0 Å². The normalized spacial score (nSPS) is 29.8. The lowest BCUT2D eigenvalue weighted by Gasteiger charge is -2.30. The van der Waals surface area contributed by atoms with E-state index >= 15 is 0 Å². The van der Waals surface area contributed by atoms with Gasteiger partial charge in [0, 0.05) is 32.0 Å². The monoisotopic (exact) mass is 663 g/mol. The van der Waals surface area contributed by atoms with E-state index in [1.165, 1.54) is 24.0 Å². The van der Waals surface area contributed by atoms with Gasteiger partial charge in [-0.15, -0.1) is 0 Å². The number of carbonyl (C=O) groups excluding carboxylic acids is 4. The van der Waals surface area contributed by atoms with Gasteiger partial charge in [0.15, 0.2) is 5.78 Å². The van der Waals surface area contributed by atoms with Crippen molar-refractivity contribution >= 4 is 39.3 Å². The largest absolute Gasteiger partial charge is 0.466 e. The molecule has 0 bridgehead atoms. The van der Waals surface area contributed by atoms with Gasteiger partial charge in [0.1, 0.15) is 11.9 Å². The molecule has 1 aromatic carbocycles. The van der Waals surface area contributed by atoms with Crippen LogP contribution in [0.1, 0.15) is 85.0 Å². The molecule has 2 saturated carbocycles. The number of hydrogen-bond donors (Lipinski definition) is 3. The van der Waals surface area contributed by atoms with Gasteiger partial charge in [0.25, 0.3) is 0 Å². The number of nitrogens with zero attached hydrogens (tertiary/aromatic N) is 1. The van der Waals surface area contributed by atoms with E-state index < -0.39 is 50.1 Å². The molecular weight excluding hydrogens is 617 g/mol. The summed E-state index contributed by atoms with van der Waals surface area (Å²) in [4.78, 5) is 52.2. The highest BCUT2D eigenvalue weighted by atomic mass is 32.2. The van der Waals surface area contributed by atoms with E-state index in [0.29, 0.717) is 38.0 Å². The first-order chi connectivity index (χ1) is 21.7. The van der Waals surface area contributed by atoms with Gasteiger partial charge >= 0.3 is 5.97 Å². The Bertz CT molecular complexity index is 1450. The Morgan fingerprint density at radius 1 is 1.17 bits per heavy atom. The molecule has 0 aromatic heterocycles. The van der Waals surface area contributed by atoms with Crippen LogP contribution in [0.3, 0.4) is 0 Å². The fourth-order valence-corrected chi connectivity index (χ4v) is 7.53. The van der Waals surface area contributed by atoms with E-state index in [9.17, 15) is 37.1 Å². The molecule has 46 heavy (non-hydrogen) atoms. The molecule has 1 aromatic rings. The number of fused-ring (bicyclic) bond motifs is 2. The van der Waals surface area contributed by atoms with E-state index in [4.69, 9.17) is 0 Å². The van der Waals surface area contributed by atoms with Gasteiger partial charge in [-0.05, 0) is 76.5 Å². The zero-order chi connectivity index (χ0) is 33.7. The predicted octanol–water partition coefficient (Wildman–Crippen LogP) is 3.62. The van der Waals surface area contributed by atoms with E-state index in [-0.39, 0.29) is 43.0 Å². The number of anilines is 1. The number of rotatable bonds is 6. The minimum atomic E-state index is -3.88. The summed E-state index contributed by atoms with van der Waals surface area (Å²) in [6.45, 7) is 5.23. The van der Waals surface area contributed by atoms with Crippen LogP contribution in [0, 0.1) is 17.2 Å². The Morgan fingerprint density at radius 2 is 1.91 bits per heavy atom. The summed E-state index contributed by atoms with van der Waals surface area (Å²) < 4.78 is 45.2. The van der Waals surface area contributed by atoms with Crippen LogP contribution in [0.5, 0.6) is 0 Å². The number of sulfonamides is 1. The Balaban J connectivity index is 0.000000731. The number of carbonyl (C=O) groups is 4. The number of aliphatic hydroxyl groups excluding tert-OH is 1. The smallest absolute Gasteiger partial charge is 0.302 e. The molecule has 2 heterocycles. The zero-order valence-electron chi connectivity index (χ0n) is 26.8. The van der Waals surface area contributed by atoms with Crippen LogP contribution in [0.4, 0.5) is 10.1 Å². The molecule has 3 N–H and O–H groups in total. The quantitative estimate of drug-likeness (QED) is 0.305. The number of aliphatic hydroxyl groups is 1. The van der Waals surface area contributed by atoms with Crippen LogP contribution in [0.2, 0.25) is 0 Å². The average Bonchev–Trinajstić information content (AvgIpc) is 3.86. The van der Waals surface area contributed by atoms with Gasteiger partial charge in [-0.1, -0.05) is 31.1 Å². The van der Waals surface area contributed by atoms with Gasteiger partial charge in [-0.25, -0.2) is 12.8 Å². The van der Waals surface area contributed by atoms with Gasteiger partial charge in [-0.2, -0.15) is 0 Å². The molecule has 5 rings (SSSR count). The molecule has 2 aliphatic carbocycles. The third kappa shape index (κ3) is 8.52. The first-order valence-electron chi connectivity index (χ1n) is 16.1. The van der Waals surface area contributed by atoms with Crippen LogP contribution in [0.25, 0.3) is 0 Å². The maximum absolute atomic E-state index is 13.8. The summed E-state index contributed by atoms with van der Waals surface area (Å²) in [5, 5.41) is 13.6. The molecule has 254 valence electrons. The second-order valence-corrected chi connectivity index (χ2v) is 15.3. The fraction of sp³-hybridized carbons (Fsp3) is 0.636. The lowest BCUT2D eigenvalue weighted by molar-refractivity contribution is -0.140. The number of Topliss-reactive ketones (excluding diaryl/α,β-unsaturated/α-hetero) is 1. The number of halogens is 1. The van der Waals surface area contributed by atoms with Crippen molar-refractivity contribution in [2.24, 2.45) is 11.3 Å². The van der Waals surface area contributed by atoms with Crippen molar-refractivity contribution in [2.75, 3.05) is 18.5 Å². The summed E-state index contributed by atoms with van der Waals surface area (Å²) in [5.41, 5.74) is -0.753. The van der Waals surface area contributed by atoms with E-state index in [1.54, 1.807) is 26.0 Å². The number of benzene rings is 1. The lowest BCUT2D eigenvalue weighted by Crippen LogP contribution is -2.49. The molecule has 4 aliphatic rings. The third-order valence-corrected chi connectivity index (χ3v) is 11.5. The first kappa shape index (κ1) is 35.5. The molecule has 5 atom stereocenters. The Hall–Kier alpha value is -3.32. The van der Waals surface area contributed by atoms with Crippen molar-refractivity contribution in [3.8, 4) is 0 Å². The zero-order valence-corrected chi connectivity index (χ0v) is 27.6. The molecule has 0 spiro atoms. The molecule has 0 unspecified atom stereocenters. The maximum Gasteiger partial charge on any atom is 0.302 e. The number of nitrogens with one attached hydrogen (secondary N) is 2. The van der Waals surface area contributed by atoms with E-state index in [0.717, 1.165) is 25.7 Å². The van der Waals surface area contributed by atoms with Gasteiger partial charge in [0.05, 0.1) is 28.9 Å². The number of hydrogen-bond acceptors (Lipinski definition) is 9. The molecule has 2 amide bonds.